The van der Waals surface area contributed by atoms with Crippen LogP contribution in [0.2, 0.25) is 0 Å². The number of nitrogens with one attached hydrogen (secondary N) is 1. The second kappa shape index (κ2) is 6.65. The summed E-state index contributed by atoms with van der Waals surface area (Å²) in [6.45, 7) is 3.94. The van der Waals surface area contributed by atoms with E-state index in [0.29, 0.717) is 0 Å². The highest BCUT2D eigenvalue weighted by Crippen LogP contribution is 2.26. The highest BCUT2D eigenvalue weighted by molar-refractivity contribution is 7.09. The Kier molecular flexibility index (Phi) is 4.87. The van der Waals surface area contributed by atoms with Gasteiger partial charge in [0.1, 0.15) is 5.01 Å². The molecule has 22 heavy (non-hydrogen) atoms. The van der Waals surface area contributed by atoms with Crippen molar-refractivity contribution in [1.29, 1.82) is 0 Å². The highest BCUT2D eigenvalue weighted by atomic mass is 32.1. The van der Waals surface area contributed by atoms with Crippen molar-refractivity contribution in [2.45, 2.75) is 32.2 Å². The van der Waals surface area contributed by atoms with Crippen molar-refractivity contribution in [3.05, 3.63) is 56.5 Å². The van der Waals surface area contributed by atoms with E-state index in [1.165, 1.54) is 23.5 Å². The standard InChI is InChI=1S/C15H17N3O3S/c1-3-15(2,14-16-8-9-22-14)17-13(19)10-11-4-6-12(7-5-11)18(20)21/h4-9H,3,10H2,1-2H3,(H,17,19). The molecule has 2 aromatic rings. The van der Waals surface area contributed by atoms with Crippen LogP contribution in [0.1, 0.15) is 30.8 Å². The number of amides is 1. The molecule has 0 saturated heterocycles. The minimum atomic E-state index is -0.494. The van der Waals surface area contributed by atoms with Gasteiger partial charge in [0.2, 0.25) is 5.91 Å². The number of nitro groups is 1. The Balaban J connectivity index is 2.04. The summed E-state index contributed by atoms with van der Waals surface area (Å²) in [6.07, 6.45) is 2.63. The lowest BCUT2D eigenvalue weighted by molar-refractivity contribution is -0.384. The van der Waals surface area contributed by atoms with Crippen molar-refractivity contribution < 1.29 is 9.72 Å². The van der Waals surface area contributed by atoms with E-state index in [4.69, 9.17) is 0 Å². The number of carbonyl (C=O) groups excluding carboxylic acids is 1. The number of hydrogen-bond donors (Lipinski definition) is 1. The van der Waals surface area contributed by atoms with E-state index in [1.54, 1.807) is 18.3 Å². The van der Waals surface area contributed by atoms with Gasteiger partial charge in [-0.15, -0.1) is 11.3 Å². The molecule has 0 spiro atoms. The van der Waals surface area contributed by atoms with Gasteiger partial charge in [0.05, 0.1) is 16.9 Å². The number of non-ortho nitro benzene ring substituents is 1. The van der Waals surface area contributed by atoms with Crippen molar-refractivity contribution in [2.75, 3.05) is 0 Å². The van der Waals surface area contributed by atoms with Gasteiger partial charge < -0.3 is 5.32 Å². The van der Waals surface area contributed by atoms with Crippen molar-refractivity contribution in [3.8, 4) is 0 Å². The molecular formula is C15H17N3O3S. The SMILES string of the molecule is CCC(C)(NC(=O)Cc1ccc([N+](=O)[O-])cc1)c1nccs1. The Morgan fingerprint density at radius 1 is 1.41 bits per heavy atom. The fraction of sp³-hybridized carbons (Fsp3) is 0.333. The molecular weight excluding hydrogens is 302 g/mol. The molecule has 0 aliphatic rings. The summed E-state index contributed by atoms with van der Waals surface area (Å²) >= 11 is 1.51. The van der Waals surface area contributed by atoms with E-state index in [9.17, 15) is 14.9 Å². The average molecular weight is 319 g/mol. The second-order valence-corrected chi connectivity index (χ2v) is 6.07. The molecule has 1 aromatic carbocycles. The highest BCUT2D eigenvalue weighted by Gasteiger charge is 2.29. The summed E-state index contributed by atoms with van der Waals surface area (Å²) in [5, 5.41) is 16.4. The fourth-order valence-electron chi connectivity index (χ4n) is 2.06. The Hall–Kier alpha value is -2.28. The first-order valence-electron chi connectivity index (χ1n) is 6.89. The summed E-state index contributed by atoms with van der Waals surface area (Å²) in [6, 6.07) is 6.01. The number of hydrogen-bond acceptors (Lipinski definition) is 5. The molecule has 1 N–H and O–H groups in total. The lowest BCUT2D eigenvalue weighted by Crippen LogP contribution is -2.43. The largest absolute Gasteiger partial charge is 0.344 e. The molecule has 1 amide bonds. The third-order valence-electron chi connectivity index (χ3n) is 3.54. The lowest BCUT2D eigenvalue weighted by atomic mass is 9.99. The smallest absolute Gasteiger partial charge is 0.269 e. The minimum absolute atomic E-state index is 0.0188. The number of nitrogens with zero attached hydrogens (tertiary/aromatic N) is 2. The van der Waals surface area contributed by atoms with E-state index in [1.807, 2.05) is 19.2 Å². The molecule has 1 heterocycles. The van der Waals surface area contributed by atoms with Crippen LogP contribution in [0.3, 0.4) is 0 Å². The summed E-state index contributed by atoms with van der Waals surface area (Å²) < 4.78 is 0. The van der Waals surface area contributed by atoms with Crippen LogP contribution in [-0.2, 0) is 16.8 Å². The molecule has 0 radical (unpaired) electrons. The third kappa shape index (κ3) is 3.67. The van der Waals surface area contributed by atoms with Gasteiger partial charge in [-0.25, -0.2) is 4.98 Å². The monoisotopic (exact) mass is 319 g/mol. The summed E-state index contributed by atoms with van der Waals surface area (Å²) in [5.74, 6) is -0.131. The number of rotatable bonds is 6. The molecule has 2 rings (SSSR count). The summed E-state index contributed by atoms with van der Waals surface area (Å²) in [7, 11) is 0. The fourth-order valence-corrected chi connectivity index (χ4v) is 2.89. The Morgan fingerprint density at radius 2 is 2.09 bits per heavy atom. The van der Waals surface area contributed by atoms with Crippen LogP contribution in [-0.4, -0.2) is 15.8 Å². The van der Waals surface area contributed by atoms with E-state index < -0.39 is 10.5 Å². The number of thiazole rings is 1. The number of carbonyl (C=O) groups is 1. The number of aromatic nitrogens is 1. The van der Waals surface area contributed by atoms with Crippen molar-refractivity contribution >= 4 is 22.9 Å². The average Bonchev–Trinajstić information content (AvgIpc) is 3.02. The topological polar surface area (TPSA) is 85.1 Å². The van der Waals surface area contributed by atoms with E-state index >= 15 is 0 Å². The molecule has 0 aliphatic carbocycles. The molecule has 0 bridgehead atoms. The minimum Gasteiger partial charge on any atom is -0.344 e. The predicted molar refractivity (Wildman–Crippen MR) is 84.7 cm³/mol. The molecule has 1 atom stereocenters. The van der Waals surface area contributed by atoms with Crippen LogP contribution < -0.4 is 5.32 Å². The van der Waals surface area contributed by atoms with Crippen molar-refractivity contribution in [3.63, 3.8) is 0 Å². The first-order valence-corrected chi connectivity index (χ1v) is 7.77. The molecule has 0 aliphatic heterocycles. The van der Waals surface area contributed by atoms with E-state index in [2.05, 4.69) is 10.3 Å². The molecule has 116 valence electrons. The quantitative estimate of drug-likeness (QED) is 0.655. The zero-order valence-corrected chi connectivity index (χ0v) is 13.2. The van der Waals surface area contributed by atoms with Crippen LogP contribution in [0.5, 0.6) is 0 Å². The van der Waals surface area contributed by atoms with Gasteiger partial charge in [0.25, 0.3) is 5.69 Å². The van der Waals surface area contributed by atoms with Crippen LogP contribution in [0.15, 0.2) is 35.8 Å². The van der Waals surface area contributed by atoms with Gasteiger partial charge in [0.15, 0.2) is 0 Å². The van der Waals surface area contributed by atoms with Crippen molar-refractivity contribution in [2.24, 2.45) is 0 Å². The normalized spacial score (nSPS) is 13.4. The zero-order valence-electron chi connectivity index (χ0n) is 12.4. The maximum Gasteiger partial charge on any atom is 0.269 e. The lowest BCUT2D eigenvalue weighted by Gasteiger charge is -2.27. The molecule has 1 unspecified atom stereocenters. The van der Waals surface area contributed by atoms with Gasteiger partial charge in [-0.3, -0.25) is 14.9 Å². The first-order chi connectivity index (χ1) is 10.4. The first kappa shape index (κ1) is 16.1. The van der Waals surface area contributed by atoms with Crippen LogP contribution in [0, 0.1) is 10.1 Å². The van der Waals surface area contributed by atoms with Crippen LogP contribution in [0.4, 0.5) is 5.69 Å². The van der Waals surface area contributed by atoms with Gasteiger partial charge in [0, 0.05) is 23.7 Å². The van der Waals surface area contributed by atoms with Gasteiger partial charge in [-0.05, 0) is 18.9 Å². The third-order valence-corrected chi connectivity index (χ3v) is 4.58. The van der Waals surface area contributed by atoms with Gasteiger partial charge in [-0.1, -0.05) is 19.1 Å². The zero-order chi connectivity index (χ0) is 16.2. The Bertz CT molecular complexity index is 655. The van der Waals surface area contributed by atoms with Gasteiger partial charge >= 0.3 is 0 Å². The second-order valence-electron chi connectivity index (χ2n) is 5.17. The Labute approximate surface area is 132 Å². The number of nitro benzene ring substituents is 1. The predicted octanol–water partition coefficient (Wildman–Crippen LogP) is 3.04. The molecule has 1 aromatic heterocycles. The van der Waals surface area contributed by atoms with Crippen LogP contribution >= 0.6 is 11.3 Å². The summed E-state index contributed by atoms with van der Waals surface area (Å²) in [4.78, 5) is 26.7. The van der Waals surface area contributed by atoms with E-state index in [0.717, 1.165) is 17.0 Å². The maximum atomic E-state index is 12.2. The van der Waals surface area contributed by atoms with E-state index in [-0.39, 0.29) is 18.0 Å². The Morgan fingerprint density at radius 3 is 2.59 bits per heavy atom. The van der Waals surface area contributed by atoms with Crippen molar-refractivity contribution in [1.82, 2.24) is 10.3 Å². The molecule has 0 saturated carbocycles. The number of benzene rings is 1. The molecule has 6 nitrogen and oxygen atoms in total. The van der Waals surface area contributed by atoms with Crippen LogP contribution in [0.25, 0.3) is 0 Å². The maximum absolute atomic E-state index is 12.2. The molecule has 0 fully saturated rings. The summed E-state index contributed by atoms with van der Waals surface area (Å²) in [5.41, 5.74) is 0.262. The molecule has 7 heteroatoms. The van der Waals surface area contributed by atoms with Gasteiger partial charge in [-0.2, -0.15) is 0 Å².